The topological polar surface area (TPSA) is 107 Å². The molecule has 1 aromatic rings. The number of nitrogens with two attached hydrogens (primary N) is 1. The Morgan fingerprint density at radius 1 is 1.27 bits per heavy atom. The van der Waals surface area contributed by atoms with Gasteiger partial charge in [-0.25, -0.2) is 8.42 Å². The molecule has 124 valence electrons. The van der Waals surface area contributed by atoms with Crippen molar-refractivity contribution >= 4 is 28.1 Å². The van der Waals surface area contributed by atoms with Gasteiger partial charge in [0.15, 0.2) is 0 Å². The molecule has 1 aliphatic heterocycles. The van der Waals surface area contributed by atoms with Crippen LogP contribution in [0.25, 0.3) is 0 Å². The molecule has 7 nitrogen and oxygen atoms in total. The monoisotopic (exact) mass is 349 g/mol. The standard InChI is InChI=1S/C13H19N3O4S.ClH/c14-9-8-11-3-1-2-10-15(11)21(19,20)13-6-4-12(5-7-13)16(17)18;/h4-7,11H,1-3,8-10,14H2;1H. The van der Waals surface area contributed by atoms with Crippen molar-refractivity contribution in [1.29, 1.82) is 0 Å². The fraction of sp³-hybridized carbons (Fsp3) is 0.538. The highest BCUT2D eigenvalue weighted by Crippen LogP contribution is 2.27. The second kappa shape index (κ2) is 7.87. The predicted molar refractivity (Wildman–Crippen MR) is 85.5 cm³/mol. The SMILES string of the molecule is Cl.NCCC1CCCCN1S(=O)(=O)c1ccc([N+](=O)[O-])cc1. The lowest BCUT2D eigenvalue weighted by Gasteiger charge is -2.34. The third kappa shape index (κ3) is 3.95. The van der Waals surface area contributed by atoms with E-state index in [2.05, 4.69) is 0 Å². The van der Waals surface area contributed by atoms with Gasteiger partial charge in [-0.3, -0.25) is 10.1 Å². The summed E-state index contributed by atoms with van der Waals surface area (Å²) in [5.74, 6) is 0. The van der Waals surface area contributed by atoms with Crippen molar-refractivity contribution in [2.45, 2.75) is 36.6 Å². The Labute approximate surface area is 136 Å². The first-order chi connectivity index (χ1) is 9.96. The number of hydrogen-bond acceptors (Lipinski definition) is 5. The molecule has 1 fully saturated rings. The molecule has 1 atom stereocenters. The van der Waals surface area contributed by atoms with Gasteiger partial charge in [-0.15, -0.1) is 12.4 Å². The third-order valence-corrected chi connectivity index (χ3v) is 5.69. The first-order valence-electron chi connectivity index (χ1n) is 6.93. The quantitative estimate of drug-likeness (QED) is 0.645. The first kappa shape index (κ1) is 18.8. The Hall–Kier alpha value is -1.22. The Balaban J connectivity index is 0.00000242. The number of piperidine rings is 1. The Morgan fingerprint density at radius 3 is 2.45 bits per heavy atom. The van der Waals surface area contributed by atoms with Crippen molar-refractivity contribution in [2.75, 3.05) is 13.1 Å². The highest BCUT2D eigenvalue weighted by Gasteiger charge is 2.33. The molecule has 0 spiro atoms. The van der Waals surface area contributed by atoms with Crippen LogP contribution in [0, 0.1) is 10.1 Å². The summed E-state index contributed by atoms with van der Waals surface area (Å²) < 4.78 is 26.8. The van der Waals surface area contributed by atoms with Crippen molar-refractivity contribution in [3.05, 3.63) is 34.4 Å². The number of nitro groups is 1. The number of halogens is 1. The zero-order valence-electron chi connectivity index (χ0n) is 12.1. The van der Waals surface area contributed by atoms with Gasteiger partial charge in [0.05, 0.1) is 9.82 Å². The fourth-order valence-electron chi connectivity index (χ4n) is 2.65. The second-order valence-corrected chi connectivity index (χ2v) is 6.98. The molecule has 0 aliphatic carbocycles. The minimum Gasteiger partial charge on any atom is -0.330 e. The minimum atomic E-state index is -3.62. The second-order valence-electron chi connectivity index (χ2n) is 5.09. The summed E-state index contributed by atoms with van der Waals surface area (Å²) in [5.41, 5.74) is 5.44. The van der Waals surface area contributed by atoms with E-state index in [0.717, 1.165) is 19.3 Å². The molecule has 0 bridgehead atoms. The Kier molecular flexibility index (Phi) is 6.73. The first-order valence-corrected chi connectivity index (χ1v) is 8.37. The smallest absolute Gasteiger partial charge is 0.269 e. The number of benzene rings is 1. The number of hydrogen-bond donors (Lipinski definition) is 1. The predicted octanol–water partition coefficient (Wildman–Crippen LogP) is 1.91. The molecule has 0 amide bonds. The molecule has 2 rings (SSSR count). The van der Waals surface area contributed by atoms with Crippen LogP contribution in [0.3, 0.4) is 0 Å². The molecule has 9 heteroatoms. The van der Waals surface area contributed by atoms with Crippen molar-refractivity contribution in [2.24, 2.45) is 5.73 Å². The molecular weight excluding hydrogens is 330 g/mol. The van der Waals surface area contributed by atoms with Crippen LogP contribution >= 0.6 is 12.4 Å². The van der Waals surface area contributed by atoms with Gasteiger partial charge in [-0.1, -0.05) is 6.42 Å². The van der Waals surface area contributed by atoms with E-state index in [1.165, 1.54) is 28.6 Å². The van der Waals surface area contributed by atoms with Gasteiger partial charge in [0.1, 0.15) is 0 Å². The molecule has 0 aromatic heterocycles. The summed E-state index contributed by atoms with van der Waals surface area (Å²) in [6.07, 6.45) is 3.26. The van der Waals surface area contributed by atoms with Gasteiger partial charge >= 0.3 is 0 Å². The summed E-state index contributed by atoms with van der Waals surface area (Å²) in [6, 6.07) is 4.94. The molecule has 1 aromatic carbocycles. The summed E-state index contributed by atoms with van der Waals surface area (Å²) in [6.45, 7) is 0.918. The average Bonchev–Trinajstić information content (AvgIpc) is 2.48. The molecule has 2 N–H and O–H groups in total. The molecular formula is C13H20ClN3O4S. The zero-order chi connectivity index (χ0) is 15.5. The molecule has 1 saturated heterocycles. The molecule has 1 heterocycles. The van der Waals surface area contributed by atoms with E-state index < -0.39 is 14.9 Å². The van der Waals surface area contributed by atoms with E-state index in [4.69, 9.17) is 5.73 Å². The van der Waals surface area contributed by atoms with Gasteiger partial charge in [-0.05, 0) is 37.9 Å². The van der Waals surface area contributed by atoms with Crippen LogP contribution in [0.15, 0.2) is 29.2 Å². The lowest BCUT2D eigenvalue weighted by atomic mass is 10.0. The van der Waals surface area contributed by atoms with Crippen molar-refractivity contribution in [3.8, 4) is 0 Å². The van der Waals surface area contributed by atoms with Crippen molar-refractivity contribution in [1.82, 2.24) is 4.31 Å². The fourth-order valence-corrected chi connectivity index (χ4v) is 4.37. The number of sulfonamides is 1. The average molecular weight is 350 g/mol. The van der Waals surface area contributed by atoms with E-state index >= 15 is 0 Å². The summed E-state index contributed by atoms with van der Waals surface area (Å²) in [7, 11) is -3.62. The zero-order valence-corrected chi connectivity index (χ0v) is 13.7. The maximum absolute atomic E-state index is 12.7. The van der Waals surface area contributed by atoms with Crippen LogP contribution in [0.4, 0.5) is 5.69 Å². The normalized spacial score (nSPS) is 19.4. The maximum atomic E-state index is 12.7. The van der Waals surface area contributed by atoms with E-state index in [9.17, 15) is 18.5 Å². The highest BCUT2D eigenvalue weighted by molar-refractivity contribution is 7.89. The van der Waals surface area contributed by atoms with Crippen LogP contribution in [0.1, 0.15) is 25.7 Å². The molecule has 1 aliphatic rings. The lowest BCUT2D eigenvalue weighted by Crippen LogP contribution is -2.44. The van der Waals surface area contributed by atoms with Crippen LogP contribution in [-0.2, 0) is 10.0 Å². The lowest BCUT2D eigenvalue weighted by molar-refractivity contribution is -0.384. The van der Waals surface area contributed by atoms with Gasteiger partial charge in [0, 0.05) is 24.7 Å². The molecule has 1 unspecified atom stereocenters. The maximum Gasteiger partial charge on any atom is 0.269 e. The van der Waals surface area contributed by atoms with Crippen LogP contribution in [0.5, 0.6) is 0 Å². The van der Waals surface area contributed by atoms with E-state index in [-0.39, 0.29) is 29.0 Å². The third-order valence-electron chi connectivity index (χ3n) is 3.73. The summed E-state index contributed by atoms with van der Waals surface area (Å²) >= 11 is 0. The minimum absolute atomic E-state index is 0. The number of non-ortho nitro benzene ring substituents is 1. The molecule has 0 saturated carbocycles. The number of nitrogens with zero attached hydrogens (tertiary/aromatic N) is 2. The van der Waals surface area contributed by atoms with Crippen LogP contribution in [-0.4, -0.2) is 36.8 Å². The van der Waals surface area contributed by atoms with E-state index in [1.54, 1.807) is 0 Å². The Morgan fingerprint density at radius 2 is 1.91 bits per heavy atom. The van der Waals surface area contributed by atoms with Crippen molar-refractivity contribution in [3.63, 3.8) is 0 Å². The largest absolute Gasteiger partial charge is 0.330 e. The van der Waals surface area contributed by atoms with Gasteiger partial charge in [-0.2, -0.15) is 4.31 Å². The van der Waals surface area contributed by atoms with Gasteiger partial charge in [0.2, 0.25) is 10.0 Å². The number of rotatable bonds is 5. The van der Waals surface area contributed by atoms with Crippen LogP contribution in [0.2, 0.25) is 0 Å². The van der Waals surface area contributed by atoms with Crippen LogP contribution < -0.4 is 5.73 Å². The molecule has 22 heavy (non-hydrogen) atoms. The Bertz CT molecular complexity index is 604. The van der Waals surface area contributed by atoms with E-state index in [0.29, 0.717) is 19.5 Å². The van der Waals surface area contributed by atoms with E-state index in [1.807, 2.05) is 0 Å². The van der Waals surface area contributed by atoms with Gasteiger partial charge in [0.25, 0.3) is 5.69 Å². The summed E-state index contributed by atoms with van der Waals surface area (Å²) in [4.78, 5) is 10.2. The summed E-state index contributed by atoms with van der Waals surface area (Å²) in [5, 5.41) is 10.6. The van der Waals surface area contributed by atoms with Crippen molar-refractivity contribution < 1.29 is 13.3 Å². The number of nitro benzene ring substituents is 1. The van der Waals surface area contributed by atoms with Gasteiger partial charge < -0.3 is 5.73 Å². The highest BCUT2D eigenvalue weighted by atomic mass is 35.5. The molecule has 0 radical (unpaired) electrons.